The molecule has 0 fully saturated rings. The maximum Gasteiger partial charge on any atom is 0.335 e. The first-order chi connectivity index (χ1) is 5.09. The van der Waals surface area contributed by atoms with Crippen molar-refractivity contribution in [1.29, 1.82) is 0 Å². The number of benzene rings is 1. The highest BCUT2D eigenvalue weighted by Gasteiger charge is 2.04. The average molecular weight is 319 g/mol. The van der Waals surface area contributed by atoms with Gasteiger partial charge in [0.2, 0.25) is 0 Å². The van der Waals surface area contributed by atoms with E-state index in [9.17, 15) is 4.79 Å². The highest BCUT2D eigenvalue weighted by Crippen LogP contribution is 2.18. The van der Waals surface area contributed by atoms with E-state index in [0.29, 0.717) is 10.0 Å². The fourth-order valence-corrected chi connectivity index (χ4v) is 1.20. The van der Waals surface area contributed by atoms with Crippen LogP contribution < -0.4 is 0 Å². The number of carboxylic acids is 1. The maximum atomic E-state index is 10.4. The van der Waals surface area contributed by atoms with E-state index in [1.165, 1.54) is 18.2 Å². The zero-order valence-corrected chi connectivity index (χ0v) is 9.59. The molecule has 1 aromatic rings. The van der Waals surface area contributed by atoms with Gasteiger partial charge in [0.05, 0.1) is 5.56 Å². The van der Waals surface area contributed by atoms with E-state index >= 15 is 0 Å². The number of hydrogen-bond acceptors (Lipinski definition) is 1. The molecule has 0 radical (unpaired) electrons. The fraction of sp³-hybridized carbons (Fsp3) is 0. The van der Waals surface area contributed by atoms with Crippen molar-refractivity contribution in [2.45, 2.75) is 0 Å². The van der Waals surface area contributed by atoms with Crippen LogP contribution in [-0.4, -0.2) is 11.1 Å². The Hall–Kier alpha value is -0.0000000000000000555. The molecule has 0 atom stereocenters. The van der Waals surface area contributed by atoms with Crippen molar-refractivity contribution in [3.63, 3.8) is 0 Å². The lowest BCUT2D eigenvalue weighted by Gasteiger charge is -1.95. The second kappa shape index (κ2) is 4.89. The van der Waals surface area contributed by atoms with Gasteiger partial charge in [-0.25, -0.2) is 4.79 Å². The Morgan fingerprint density at radius 3 is 1.92 bits per heavy atom. The summed E-state index contributed by atoms with van der Waals surface area (Å²) in [7, 11) is 0. The molecule has 0 spiro atoms. The molecule has 2 nitrogen and oxygen atoms in total. The number of carbonyl (C=O) groups is 1. The third-order valence-electron chi connectivity index (χ3n) is 1.11. The molecule has 0 aromatic heterocycles. The van der Waals surface area contributed by atoms with Crippen molar-refractivity contribution in [1.82, 2.24) is 0 Å². The molecule has 0 saturated heterocycles. The average Bonchev–Trinajstić information content (AvgIpc) is 1.85. The quantitative estimate of drug-likeness (QED) is 0.807. The summed E-state index contributed by atoms with van der Waals surface area (Å²) in [5.41, 5.74) is 0.0995. The second-order valence-electron chi connectivity index (χ2n) is 1.96. The Morgan fingerprint density at radius 2 is 1.58 bits per heavy atom. The van der Waals surface area contributed by atoms with E-state index in [-0.39, 0.29) is 29.5 Å². The topological polar surface area (TPSA) is 37.3 Å². The Balaban J connectivity index is 0.00000121. The van der Waals surface area contributed by atoms with E-state index < -0.39 is 5.97 Å². The summed E-state index contributed by atoms with van der Waals surface area (Å²) in [6.07, 6.45) is 0. The molecule has 1 aromatic carbocycles. The number of hydrogen-bond donors (Lipinski definition) is 1. The van der Waals surface area contributed by atoms with Gasteiger partial charge >= 0.3 is 5.97 Å². The summed E-state index contributed by atoms with van der Waals surface area (Å²) in [6.45, 7) is 0. The lowest BCUT2D eigenvalue weighted by Crippen LogP contribution is -1.95. The molecule has 5 heteroatoms. The minimum atomic E-state index is -1.03. The number of halogens is 3. The van der Waals surface area contributed by atoms with Crippen molar-refractivity contribution < 1.29 is 9.90 Å². The van der Waals surface area contributed by atoms with Crippen LogP contribution in [0.25, 0.3) is 0 Å². The lowest BCUT2D eigenvalue weighted by molar-refractivity contribution is 0.0697. The summed E-state index contributed by atoms with van der Waals surface area (Å²) in [4.78, 5) is 10.4. The zero-order valence-electron chi connectivity index (χ0n) is 5.75. The van der Waals surface area contributed by atoms with Gasteiger partial charge in [-0.3, -0.25) is 0 Å². The summed E-state index contributed by atoms with van der Waals surface area (Å²) < 4.78 is 0. The molecule has 0 aliphatic rings. The molecule has 0 saturated carbocycles. The van der Waals surface area contributed by atoms with Gasteiger partial charge in [-0.15, -0.1) is 24.0 Å². The van der Waals surface area contributed by atoms with Crippen LogP contribution in [0.5, 0.6) is 0 Å². The van der Waals surface area contributed by atoms with Crippen LogP contribution in [0.3, 0.4) is 0 Å². The van der Waals surface area contributed by atoms with Crippen LogP contribution in [0.2, 0.25) is 10.0 Å². The van der Waals surface area contributed by atoms with Crippen molar-refractivity contribution in [2.24, 2.45) is 0 Å². The van der Waals surface area contributed by atoms with Gasteiger partial charge in [0, 0.05) is 10.0 Å². The Kier molecular flexibility index (Phi) is 4.89. The second-order valence-corrected chi connectivity index (χ2v) is 2.84. The Labute approximate surface area is 96.5 Å². The highest BCUT2D eigenvalue weighted by atomic mass is 127. The van der Waals surface area contributed by atoms with Crippen LogP contribution in [0.15, 0.2) is 18.2 Å². The van der Waals surface area contributed by atoms with Gasteiger partial charge in [-0.1, -0.05) is 23.2 Å². The Bertz CT molecular complexity index is 281. The normalized spacial score (nSPS) is 8.83. The predicted octanol–water partition coefficient (Wildman–Crippen LogP) is 3.31. The molecular formula is C7H5Cl2IO2. The minimum absolute atomic E-state index is 0. The first-order valence-electron chi connectivity index (χ1n) is 2.79. The monoisotopic (exact) mass is 318 g/mol. The number of aromatic carboxylic acids is 1. The number of rotatable bonds is 1. The smallest absolute Gasteiger partial charge is 0.335 e. The molecule has 0 aliphatic carbocycles. The first-order valence-corrected chi connectivity index (χ1v) is 3.54. The van der Waals surface area contributed by atoms with Crippen molar-refractivity contribution >= 4 is 53.1 Å². The highest BCUT2D eigenvalue weighted by molar-refractivity contribution is 14.0. The largest absolute Gasteiger partial charge is 0.478 e. The number of carboxylic acid groups (broad SMARTS) is 1. The first kappa shape index (κ1) is 12.0. The van der Waals surface area contributed by atoms with Crippen LogP contribution in [0.1, 0.15) is 10.4 Å². The minimum Gasteiger partial charge on any atom is -0.478 e. The van der Waals surface area contributed by atoms with Crippen molar-refractivity contribution in [2.75, 3.05) is 0 Å². The van der Waals surface area contributed by atoms with E-state index in [2.05, 4.69) is 0 Å². The van der Waals surface area contributed by atoms with Crippen molar-refractivity contribution in [3.8, 4) is 0 Å². The molecule has 0 amide bonds. The van der Waals surface area contributed by atoms with Crippen molar-refractivity contribution in [3.05, 3.63) is 33.8 Å². The third kappa shape index (κ3) is 3.16. The summed E-state index contributed by atoms with van der Waals surface area (Å²) in [5.74, 6) is -1.03. The molecule has 1 rings (SSSR count). The van der Waals surface area contributed by atoms with E-state index in [1.54, 1.807) is 0 Å². The summed E-state index contributed by atoms with van der Waals surface area (Å²) in [5, 5.41) is 9.17. The van der Waals surface area contributed by atoms with Gasteiger partial charge in [-0.05, 0) is 18.2 Å². The van der Waals surface area contributed by atoms with Crippen LogP contribution in [-0.2, 0) is 0 Å². The van der Waals surface area contributed by atoms with E-state index in [1.807, 2.05) is 0 Å². The fourth-order valence-electron chi connectivity index (χ4n) is 0.677. The molecule has 66 valence electrons. The van der Waals surface area contributed by atoms with Gasteiger partial charge < -0.3 is 5.11 Å². The maximum absolute atomic E-state index is 10.4. The predicted molar refractivity (Wildman–Crippen MR) is 58.8 cm³/mol. The molecule has 0 heterocycles. The van der Waals surface area contributed by atoms with Crippen LogP contribution in [0.4, 0.5) is 0 Å². The van der Waals surface area contributed by atoms with E-state index in [0.717, 1.165) is 0 Å². The van der Waals surface area contributed by atoms with Gasteiger partial charge in [0.15, 0.2) is 0 Å². The molecule has 0 unspecified atom stereocenters. The van der Waals surface area contributed by atoms with Gasteiger partial charge in [-0.2, -0.15) is 0 Å². The molecule has 0 bridgehead atoms. The lowest BCUT2D eigenvalue weighted by atomic mass is 10.2. The molecule has 0 aliphatic heterocycles. The van der Waals surface area contributed by atoms with Crippen LogP contribution >= 0.6 is 47.2 Å². The van der Waals surface area contributed by atoms with Crippen LogP contribution in [0, 0.1) is 0 Å². The molecule has 12 heavy (non-hydrogen) atoms. The zero-order chi connectivity index (χ0) is 8.43. The third-order valence-corrected chi connectivity index (χ3v) is 1.55. The molecule has 1 N–H and O–H groups in total. The molecular weight excluding hydrogens is 314 g/mol. The standard InChI is InChI=1S/C7H4Cl2O2.HI/c8-5-1-4(7(10)11)2-6(9)3-5;/h1-3H,(H,10,11);1H. The summed E-state index contributed by atoms with van der Waals surface area (Å²) >= 11 is 11.1. The van der Waals surface area contributed by atoms with Gasteiger partial charge in [0.25, 0.3) is 0 Å². The van der Waals surface area contributed by atoms with Gasteiger partial charge in [0.1, 0.15) is 0 Å². The summed E-state index contributed by atoms with van der Waals surface area (Å²) in [6, 6.07) is 4.17. The Morgan fingerprint density at radius 1 is 1.17 bits per heavy atom. The van der Waals surface area contributed by atoms with E-state index in [4.69, 9.17) is 28.3 Å². The SMILES string of the molecule is I.O=C(O)c1cc(Cl)cc(Cl)c1.